The van der Waals surface area contributed by atoms with Crippen LogP contribution in [0.4, 0.5) is 4.79 Å². The molecular weight excluding hydrogens is 208 g/mol. The fourth-order valence-electron chi connectivity index (χ4n) is 2.00. The lowest BCUT2D eigenvalue weighted by Crippen LogP contribution is -2.23. The van der Waals surface area contributed by atoms with Crippen molar-refractivity contribution in [1.82, 2.24) is 19.5 Å². The summed E-state index contributed by atoms with van der Waals surface area (Å²) in [5, 5.41) is 13.3. The van der Waals surface area contributed by atoms with E-state index in [1.54, 1.807) is 10.7 Å². The maximum absolute atomic E-state index is 10.8. The summed E-state index contributed by atoms with van der Waals surface area (Å²) >= 11 is 0. The highest BCUT2D eigenvalue weighted by molar-refractivity contribution is 5.67. The zero-order valence-electron chi connectivity index (χ0n) is 8.71. The number of amides is 1. The third-order valence-corrected chi connectivity index (χ3v) is 2.85. The quantitative estimate of drug-likeness (QED) is 0.717. The van der Waals surface area contributed by atoms with Crippen LogP contribution < -0.4 is 0 Å². The number of nitrogens with zero attached hydrogens (tertiary/aromatic N) is 4. The summed E-state index contributed by atoms with van der Waals surface area (Å²) in [6, 6.07) is 1.88. The standard InChI is InChI=1S/C10H10N4O2/c1-6-2-3-11-9-7-4-13(10(15)16)5-8(7)12-14(6)9/h2-3H,4-5H2,1H3,(H,15,16). The molecule has 1 N–H and O–H groups in total. The number of hydrogen-bond donors (Lipinski definition) is 1. The number of fused-ring (bicyclic) bond motifs is 3. The predicted octanol–water partition coefficient (Wildman–Crippen LogP) is 1.03. The van der Waals surface area contributed by atoms with Gasteiger partial charge in [0.15, 0.2) is 5.65 Å². The molecule has 16 heavy (non-hydrogen) atoms. The molecule has 3 heterocycles. The average Bonchev–Trinajstić information content (AvgIpc) is 2.76. The van der Waals surface area contributed by atoms with Gasteiger partial charge in [0.2, 0.25) is 0 Å². The molecule has 0 saturated carbocycles. The zero-order chi connectivity index (χ0) is 11.3. The van der Waals surface area contributed by atoms with Gasteiger partial charge in [-0.05, 0) is 13.0 Å². The predicted molar refractivity (Wildman–Crippen MR) is 55.0 cm³/mol. The Labute approximate surface area is 91.1 Å². The van der Waals surface area contributed by atoms with E-state index in [4.69, 9.17) is 5.11 Å². The van der Waals surface area contributed by atoms with Gasteiger partial charge in [-0.25, -0.2) is 14.3 Å². The molecule has 0 fully saturated rings. The summed E-state index contributed by atoms with van der Waals surface area (Å²) in [4.78, 5) is 16.4. The Kier molecular flexibility index (Phi) is 1.68. The van der Waals surface area contributed by atoms with E-state index in [0.717, 1.165) is 22.6 Å². The average molecular weight is 218 g/mol. The first-order chi connectivity index (χ1) is 7.66. The van der Waals surface area contributed by atoms with Crippen molar-refractivity contribution >= 4 is 11.7 Å². The van der Waals surface area contributed by atoms with Crippen LogP contribution in [0.1, 0.15) is 17.0 Å². The van der Waals surface area contributed by atoms with Gasteiger partial charge in [-0.1, -0.05) is 0 Å². The Morgan fingerprint density at radius 1 is 1.50 bits per heavy atom. The second-order valence-electron chi connectivity index (χ2n) is 3.89. The van der Waals surface area contributed by atoms with Crippen LogP contribution in [0.25, 0.3) is 5.65 Å². The maximum Gasteiger partial charge on any atom is 0.407 e. The topological polar surface area (TPSA) is 70.7 Å². The lowest BCUT2D eigenvalue weighted by atomic mass is 10.3. The van der Waals surface area contributed by atoms with Crippen LogP contribution in [0.15, 0.2) is 12.3 Å². The van der Waals surface area contributed by atoms with E-state index in [2.05, 4.69) is 10.1 Å². The molecule has 0 saturated heterocycles. The maximum atomic E-state index is 10.8. The van der Waals surface area contributed by atoms with E-state index in [0.29, 0.717) is 13.1 Å². The first-order valence-corrected chi connectivity index (χ1v) is 4.97. The van der Waals surface area contributed by atoms with Crippen LogP contribution in [0.3, 0.4) is 0 Å². The van der Waals surface area contributed by atoms with Crippen molar-refractivity contribution in [2.75, 3.05) is 0 Å². The molecule has 82 valence electrons. The molecule has 1 aliphatic heterocycles. The number of aryl methyl sites for hydroxylation is 1. The SMILES string of the molecule is Cc1ccnc2c3c(nn12)CN(C(=O)O)C3. The lowest BCUT2D eigenvalue weighted by Gasteiger charge is -2.09. The van der Waals surface area contributed by atoms with Crippen LogP contribution in [0.2, 0.25) is 0 Å². The minimum Gasteiger partial charge on any atom is -0.465 e. The summed E-state index contributed by atoms with van der Waals surface area (Å²) in [6.07, 6.45) is 0.805. The van der Waals surface area contributed by atoms with Crippen molar-refractivity contribution < 1.29 is 9.90 Å². The summed E-state index contributed by atoms with van der Waals surface area (Å²) in [5.41, 5.74) is 3.50. The summed E-state index contributed by atoms with van der Waals surface area (Å²) in [6.45, 7) is 2.68. The third-order valence-electron chi connectivity index (χ3n) is 2.85. The van der Waals surface area contributed by atoms with Crippen LogP contribution in [0, 0.1) is 6.92 Å². The van der Waals surface area contributed by atoms with Gasteiger partial charge < -0.3 is 5.11 Å². The number of carboxylic acid groups (broad SMARTS) is 1. The fourth-order valence-corrected chi connectivity index (χ4v) is 2.00. The molecule has 1 amide bonds. The molecule has 0 aromatic carbocycles. The van der Waals surface area contributed by atoms with E-state index in [9.17, 15) is 4.79 Å². The Morgan fingerprint density at radius 2 is 2.31 bits per heavy atom. The van der Waals surface area contributed by atoms with E-state index >= 15 is 0 Å². The van der Waals surface area contributed by atoms with Crippen LogP contribution in [0.5, 0.6) is 0 Å². The first kappa shape index (κ1) is 9.14. The highest BCUT2D eigenvalue weighted by Crippen LogP contribution is 2.25. The largest absolute Gasteiger partial charge is 0.465 e. The Morgan fingerprint density at radius 3 is 3.06 bits per heavy atom. The van der Waals surface area contributed by atoms with Gasteiger partial charge in [0, 0.05) is 17.5 Å². The van der Waals surface area contributed by atoms with Gasteiger partial charge in [-0.2, -0.15) is 5.10 Å². The van der Waals surface area contributed by atoms with E-state index in [-0.39, 0.29) is 0 Å². The van der Waals surface area contributed by atoms with Crippen molar-refractivity contribution in [2.45, 2.75) is 20.0 Å². The number of carbonyl (C=O) groups is 1. The van der Waals surface area contributed by atoms with Crippen LogP contribution in [-0.4, -0.2) is 30.7 Å². The molecular formula is C10H10N4O2. The second kappa shape index (κ2) is 2.94. The van der Waals surface area contributed by atoms with E-state index in [1.165, 1.54) is 4.90 Å². The van der Waals surface area contributed by atoms with Crippen LogP contribution >= 0.6 is 0 Å². The highest BCUT2D eigenvalue weighted by atomic mass is 16.4. The van der Waals surface area contributed by atoms with Crippen molar-refractivity contribution in [1.29, 1.82) is 0 Å². The Balaban J connectivity index is 2.15. The zero-order valence-corrected chi connectivity index (χ0v) is 8.71. The summed E-state index contributed by atoms with van der Waals surface area (Å²) in [5.74, 6) is 0. The van der Waals surface area contributed by atoms with Gasteiger partial charge in [0.25, 0.3) is 0 Å². The summed E-state index contributed by atoms with van der Waals surface area (Å²) < 4.78 is 1.77. The van der Waals surface area contributed by atoms with Gasteiger partial charge in [0.05, 0.1) is 18.8 Å². The Hall–Kier alpha value is -2.11. The monoisotopic (exact) mass is 218 g/mol. The number of hydrogen-bond acceptors (Lipinski definition) is 3. The molecule has 0 bridgehead atoms. The van der Waals surface area contributed by atoms with Gasteiger partial charge >= 0.3 is 6.09 Å². The van der Waals surface area contributed by atoms with Gasteiger partial charge in [-0.15, -0.1) is 0 Å². The number of aromatic nitrogens is 3. The van der Waals surface area contributed by atoms with Crippen LogP contribution in [-0.2, 0) is 13.1 Å². The smallest absolute Gasteiger partial charge is 0.407 e. The Bertz CT molecular complexity index is 590. The van der Waals surface area contributed by atoms with Gasteiger partial charge in [0.1, 0.15) is 0 Å². The minimum atomic E-state index is -0.913. The molecule has 0 aliphatic carbocycles. The minimum absolute atomic E-state index is 0.355. The second-order valence-corrected chi connectivity index (χ2v) is 3.89. The normalized spacial score (nSPS) is 14.4. The molecule has 6 nitrogen and oxygen atoms in total. The van der Waals surface area contributed by atoms with Crippen molar-refractivity contribution in [3.63, 3.8) is 0 Å². The molecule has 1 aliphatic rings. The molecule has 2 aromatic rings. The van der Waals surface area contributed by atoms with Crippen molar-refractivity contribution in [2.24, 2.45) is 0 Å². The molecule has 6 heteroatoms. The molecule has 0 spiro atoms. The lowest BCUT2D eigenvalue weighted by molar-refractivity contribution is 0.144. The molecule has 0 radical (unpaired) electrons. The third kappa shape index (κ3) is 1.09. The van der Waals surface area contributed by atoms with Gasteiger partial charge in [-0.3, -0.25) is 4.90 Å². The molecule has 3 rings (SSSR count). The first-order valence-electron chi connectivity index (χ1n) is 4.97. The summed E-state index contributed by atoms with van der Waals surface area (Å²) in [7, 11) is 0. The molecule has 2 aromatic heterocycles. The fraction of sp³-hybridized carbons (Fsp3) is 0.300. The number of rotatable bonds is 0. The highest BCUT2D eigenvalue weighted by Gasteiger charge is 2.28. The van der Waals surface area contributed by atoms with E-state index < -0.39 is 6.09 Å². The molecule has 0 atom stereocenters. The van der Waals surface area contributed by atoms with Crippen molar-refractivity contribution in [3.05, 3.63) is 29.2 Å². The van der Waals surface area contributed by atoms with E-state index in [1.807, 2.05) is 13.0 Å². The molecule has 0 unspecified atom stereocenters. The van der Waals surface area contributed by atoms with Crippen molar-refractivity contribution in [3.8, 4) is 0 Å².